The van der Waals surface area contributed by atoms with Gasteiger partial charge in [-0.05, 0) is 36.2 Å². The molecule has 1 heterocycles. The number of nitrogens with two attached hydrogens (primary N) is 2. The first-order valence-electron chi connectivity index (χ1n) is 7.17. The van der Waals surface area contributed by atoms with Crippen molar-refractivity contribution in [1.29, 1.82) is 0 Å². The van der Waals surface area contributed by atoms with E-state index in [4.69, 9.17) is 23.1 Å². The molecule has 1 aliphatic heterocycles. The van der Waals surface area contributed by atoms with Crippen LogP contribution in [0, 0.1) is 0 Å². The molecule has 0 unspecified atom stereocenters. The number of likely N-dealkylation sites (N-methyl/N-ethyl adjacent to an activating group) is 1. The first-order chi connectivity index (χ1) is 10.1. The van der Waals surface area contributed by atoms with E-state index in [2.05, 4.69) is 36.2 Å². The predicted molar refractivity (Wildman–Crippen MR) is 89.8 cm³/mol. The average Bonchev–Trinajstić information content (AvgIpc) is 2.65. The maximum absolute atomic E-state index is 6.32. The van der Waals surface area contributed by atoms with E-state index in [-0.39, 0.29) is 5.92 Å². The van der Waals surface area contributed by atoms with Crippen LogP contribution in [0.2, 0.25) is 5.02 Å². The Morgan fingerprint density at radius 3 is 2.57 bits per heavy atom. The quantitative estimate of drug-likeness (QED) is 0.796. The third-order valence-corrected chi connectivity index (χ3v) is 4.60. The smallest absolute Gasteiger partial charge is 0.0740 e. The summed E-state index contributed by atoms with van der Waals surface area (Å²) in [5.74, 6) is 0.230. The number of anilines is 2. The average molecular weight is 302 g/mol. The van der Waals surface area contributed by atoms with Gasteiger partial charge in [0.05, 0.1) is 16.4 Å². The van der Waals surface area contributed by atoms with Gasteiger partial charge in [-0.2, -0.15) is 0 Å². The van der Waals surface area contributed by atoms with Crippen LogP contribution in [0.4, 0.5) is 11.4 Å². The van der Waals surface area contributed by atoms with E-state index in [1.54, 1.807) is 0 Å². The number of nitrogens with zero attached hydrogens (tertiary/aromatic N) is 1. The third kappa shape index (κ3) is 2.59. The predicted octanol–water partition coefficient (Wildman–Crippen LogP) is 3.12. The van der Waals surface area contributed by atoms with Gasteiger partial charge in [0, 0.05) is 19.0 Å². The van der Waals surface area contributed by atoms with Crippen LogP contribution in [0.25, 0.3) is 0 Å². The second kappa shape index (κ2) is 5.58. The van der Waals surface area contributed by atoms with Gasteiger partial charge in [-0.3, -0.25) is 0 Å². The molecule has 21 heavy (non-hydrogen) atoms. The fourth-order valence-corrected chi connectivity index (χ4v) is 3.37. The topological polar surface area (TPSA) is 55.3 Å². The van der Waals surface area contributed by atoms with Gasteiger partial charge >= 0.3 is 0 Å². The SMILES string of the molecule is CN1CCc2cc(Cl)c(N)c(N)c2[C@@H](c2ccccc2)C1. The molecule has 0 aromatic heterocycles. The lowest BCUT2D eigenvalue weighted by Crippen LogP contribution is -2.24. The second-order valence-corrected chi connectivity index (χ2v) is 6.14. The van der Waals surface area contributed by atoms with Gasteiger partial charge in [0.2, 0.25) is 0 Å². The van der Waals surface area contributed by atoms with E-state index in [9.17, 15) is 0 Å². The fourth-order valence-electron chi connectivity index (χ4n) is 3.14. The fraction of sp³-hybridized carbons (Fsp3) is 0.294. The van der Waals surface area contributed by atoms with E-state index in [1.165, 1.54) is 11.1 Å². The molecule has 0 bridgehead atoms. The van der Waals surface area contributed by atoms with Crippen LogP contribution in [0.3, 0.4) is 0 Å². The molecule has 110 valence electrons. The molecule has 3 rings (SSSR count). The van der Waals surface area contributed by atoms with Crippen molar-refractivity contribution in [2.24, 2.45) is 0 Å². The van der Waals surface area contributed by atoms with Crippen molar-refractivity contribution in [2.45, 2.75) is 12.3 Å². The molecule has 2 aromatic rings. The lowest BCUT2D eigenvalue weighted by Gasteiger charge is -2.24. The van der Waals surface area contributed by atoms with E-state index >= 15 is 0 Å². The number of hydrogen-bond donors (Lipinski definition) is 2. The lowest BCUT2D eigenvalue weighted by atomic mass is 9.86. The number of rotatable bonds is 1. The maximum Gasteiger partial charge on any atom is 0.0740 e. The highest BCUT2D eigenvalue weighted by molar-refractivity contribution is 6.33. The summed E-state index contributed by atoms with van der Waals surface area (Å²) >= 11 is 6.22. The number of fused-ring (bicyclic) bond motifs is 1. The van der Waals surface area contributed by atoms with Gasteiger partial charge in [-0.15, -0.1) is 0 Å². The molecule has 2 aromatic carbocycles. The van der Waals surface area contributed by atoms with Crippen molar-refractivity contribution >= 4 is 23.0 Å². The van der Waals surface area contributed by atoms with Crippen molar-refractivity contribution < 1.29 is 0 Å². The Bertz CT molecular complexity index is 655. The molecule has 1 atom stereocenters. The summed E-state index contributed by atoms with van der Waals surface area (Å²) in [5.41, 5.74) is 17.1. The molecule has 4 heteroatoms. The Kier molecular flexibility index (Phi) is 3.79. The van der Waals surface area contributed by atoms with Crippen LogP contribution < -0.4 is 11.5 Å². The molecule has 1 aliphatic rings. The minimum atomic E-state index is 0.230. The van der Waals surface area contributed by atoms with Crippen molar-refractivity contribution in [3.05, 3.63) is 58.1 Å². The van der Waals surface area contributed by atoms with Crippen LogP contribution in [0.1, 0.15) is 22.6 Å². The summed E-state index contributed by atoms with van der Waals surface area (Å²) in [7, 11) is 2.14. The third-order valence-electron chi connectivity index (χ3n) is 4.29. The molecule has 0 fully saturated rings. The molecular weight excluding hydrogens is 282 g/mol. The zero-order chi connectivity index (χ0) is 15.0. The van der Waals surface area contributed by atoms with Gasteiger partial charge in [0.25, 0.3) is 0 Å². The van der Waals surface area contributed by atoms with Gasteiger partial charge in [0.15, 0.2) is 0 Å². The molecule has 0 saturated carbocycles. The minimum absolute atomic E-state index is 0.230. The van der Waals surface area contributed by atoms with E-state index < -0.39 is 0 Å². The molecule has 3 nitrogen and oxygen atoms in total. The second-order valence-electron chi connectivity index (χ2n) is 5.73. The Hall–Kier alpha value is -1.71. The Balaban J connectivity index is 2.20. The summed E-state index contributed by atoms with van der Waals surface area (Å²) in [6.45, 7) is 1.93. The van der Waals surface area contributed by atoms with Crippen LogP contribution >= 0.6 is 11.6 Å². The van der Waals surface area contributed by atoms with Gasteiger partial charge in [-0.1, -0.05) is 41.9 Å². The normalized spacial score (nSPS) is 19.0. The molecule has 0 aliphatic carbocycles. The van der Waals surface area contributed by atoms with Crippen LogP contribution in [-0.2, 0) is 6.42 Å². The largest absolute Gasteiger partial charge is 0.397 e. The Labute approximate surface area is 130 Å². The summed E-state index contributed by atoms with van der Waals surface area (Å²) in [4.78, 5) is 2.33. The lowest BCUT2D eigenvalue weighted by molar-refractivity contribution is 0.338. The Morgan fingerprint density at radius 1 is 1.14 bits per heavy atom. The van der Waals surface area contributed by atoms with Crippen molar-refractivity contribution in [2.75, 3.05) is 31.6 Å². The maximum atomic E-state index is 6.32. The molecular formula is C17H20ClN3. The van der Waals surface area contributed by atoms with Crippen LogP contribution in [0.5, 0.6) is 0 Å². The summed E-state index contributed by atoms with van der Waals surface area (Å²) in [6, 6.07) is 12.4. The summed E-state index contributed by atoms with van der Waals surface area (Å²) < 4.78 is 0. The molecule has 0 radical (unpaired) electrons. The van der Waals surface area contributed by atoms with E-state index in [0.717, 1.165) is 25.1 Å². The summed E-state index contributed by atoms with van der Waals surface area (Å²) in [6.07, 6.45) is 0.944. The number of nitrogen functional groups attached to an aromatic ring is 2. The van der Waals surface area contributed by atoms with Crippen LogP contribution in [0.15, 0.2) is 36.4 Å². The first-order valence-corrected chi connectivity index (χ1v) is 7.55. The first kappa shape index (κ1) is 14.2. The van der Waals surface area contributed by atoms with Gasteiger partial charge < -0.3 is 16.4 Å². The van der Waals surface area contributed by atoms with Crippen LogP contribution in [-0.4, -0.2) is 25.0 Å². The van der Waals surface area contributed by atoms with E-state index in [0.29, 0.717) is 16.4 Å². The molecule has 4 N–H and O–H groups in total. The zero-order valence-corrected chi connectivity index (χ0v) is 12.9. The molecule has 0 amide bonds. The summed E-state index contributed by atoms with van der Waals surface area (Å²) in [5, 5.41) is 0.558. The number of halogens is 1. The standard InChI is InChI=1S/C17H20ClN3/c1-21-8-7-12-9-14(18)16(19)17(20)15(12)13(10-21)11-5-3-2-4-6-11/h2-6,9,13H,7-8,10,19-20H2,1H3/t13-/m1/s1. The highest BCUT2D eigenvalue weighted by Gasteiger charge is 2.26. The molecule has 0 saturated heterocycles. The van der Waals surface area contributed by atoms with Crippen molar-refractivity contribution in [3.8, 4) is 0 Å². The van der Waals surface area contributed by atoms with Gasteiger partial charge in [-0.25, -0.2) is 0 Å². The monoisotopic (exact) mass is 301 g/mol. The molecule has 0 spiro atoms. The van der Waals surface area contributed by atoms with Crippen molar-refractivity contribution in [3.63, 3.8) is 0 Å². The van der Waals surface area contributed by atoms with Gasteiger partial charge in [0.1, 0.15) is 0 Å². The van der Waals surface area contributed by atoms with E-state index in [1.807, 2.05) is 12.1 Å². The number of benzene rings is 2. The minimum Gasteiger partial charge on any atom is -0.397 e. The number of hydrogen-bond acceptors (Lipinski definition) is 3. The zero-order valence-electron chi connectivity index (χ0n) is 12.1. The highest BCUT2D eigenvalue weighted by atomic mass is 35.5. The highest BCUT2D eigenvalue weighted by Crippen LogP contribution is 2.40. The van der Waals surface area contributed by atoms with Crippen molar-refractivity contribution in [1.82, 2.24) is 4.90 Å². The Morgan fingerprint density at radius 2 is 1.86 bits per heavy atom.